The van der Waals surface area contributed by atoms with Crippen LogP contribution in [0.15, 0.2) is 0 Å². The molecule has 2 heterocycles. The molecule has 2 saturated heterocycles. The van der Waals surface area contributed by atoms with Crippen LogP contribution in [0.4, 0.5) is 0 Å². The van der Waals surface area contributed by atoms with Crippen molar-refractivity contribution in [2.45, 2.75) is 0 Å². The van der Waals surface area contributed by atoms with Gasteiger partial charge in [0.05, 0.1) is 0 Å². The molecule has 0 aromatic carbocycles. The van der Waals surface area contributed by atoms with Crippen molar-refractivity contribution in [1.29, 1.82) is 0 Å². The summed E-state index contributed by atoms with van der Waals surface area (Å²) in [4.78, 5) is 0. The van der Waals surface area contributed by atoms with Gasteiger partial charge in [-0.3, -0.25) is 0 Å². The Hall–Kier alpha value is 0.700. The van der Waals surface area contributed by atoms with Gasteiger partial charge in [0.1, 0.15) is 0 Å². The largest absolute Gasteiger partial charge is 0.306 e. The fraction of sp³-hybridized carbons (Fsp3) is 1.00. The minimum atomic E-state index is -0.418. The molecular weight excluding hydrogens is 174 g/mol. The molecule has 10 heavy (non-hydrogen) atoms. The highest BCUT2D eigenvalue weighted by atomic mass is 31.2. The Morgan fingerprint density at radius 2 is 1.00 bits per heavy atom. The lowest BCUT2D eigenvalue weighted by Crippen LogP contribution is -2.02. The lowest BCUT2D eigenvalue weighted by atomic mass is 11.5. The van der Waals surface area contributed by atoms with Crippen LogP contribution in [0.1, 0.15) is 0 Å². The minimum Gasteiger partial charge on any atom is -0.306 e. The van der Waals surface area contributed by atoms with Crippen molar-refractivity contribution in [3.63, 3.8) is 0 Å². The van der Waals surface area contributed by atoms with Crippen LogP contribution in [-0.2, 0) is 18.1 Å². The molecule has 0 N–H and O–H groups in total. The topological polar surface area (TPSA) is 36.9 Å². The highest BCUT2D eigenvalue weighted by Gasteiger charge is 2.11. The molecule has 0 aromatic heterocycles. The predicted octanol–water partition coefficient (Wildman–Crippen LogP) is 1.86. The molecule has 0 amide bonds. The van der Waals surface area contributed by atoms with Crippen LogP contribution in [0.3, 0.4) is 0 Å². The van der Waals surface area contributed by atoms with Gasteiger partial charge in [-0.25, -0.2) is 0 Å². The Kier molecular flexibility index (Phi) is 4.00. The van der Waals surface area contributed by atoms with E-state index in [1.807, 2.05) is 13.3 Å². The first-order valence-electron chi connectivity index (χ1n) is 2.78. The maximum Gasteiger partial charge on any atom is 0.171 e. The molecule has 0 aromatic rings. The summed E-state index contributed by atoms with van der Waals surface area (Å²) in [6, 6.07) is 0. The molecule has 0 saturated carbocycles. The molecule has 0 spiro atoms. The van der Waals surface area contributed by atoms with Crippen LogP contribution in [0.25, 0.3) is 0 Å². The molecule has 2 fully saturated rings. The van der Waals surface area contributed by atoms with E-state index in [0.29, 0.717) is 13.6 Å². The van der Waals surface area contributed by atoms with Gasteiger partial charge in [0.25, 0.3) is 0 Å². The molecule has 0 bridgehead atoms. The highest BCUT2D eigenvalue weighted by Crippen LogP contribution is 2.42. The second-order valence-electron chi connectivity index (χ2n) is 1.63. The van der Waals surface area contributed by atoms with Crippen molar-refractivity contribution in [2.24, 2.45) is 0 Å². The normalized spacial score (nSPS) is 25.8. The second kappa shape index (κ2) is 4.55. The molecular formula is C4H10O4P2. The third kappa shape index (κ3) is 3.20. The molecule has 0 unspecified atom stereocenters. The molecule has 0 atom stereocenters. The van der Waals surface area contributed by atoms with E-state index in [2.05, 4.69) is 0 Å². The van der Waals surface area contributed by atoms with Crippen molar-refractivity contribution >= 4 is 16.8 Å². The first kappa shape index (κ1) is 8.79. The average Bonchev–Trinajstić information content (AvgIpc) is 1.80. The molecule has 4 nitrogen and oxygen atoms in total. The molecule has 0 aliphatic carbocycles. The van der Waals surface area contributed by atoms with Crippen LogP contribution >= 0.6 is 16.8 Å². The van der Waals surface area contributed by atoms with Crippen LogP contribution in [0.5, 0.6) is 0 Å². The van der Waals surface area contributed by atoms with E-state index in [-0.39, 0.29) is 0 Å². The molecule has 2 aliphatic rings. The van der Waals surface area contributed by atoms with E-state index in [1.54, 1.807) is 0 Å². The smallest absolute Gasteiger partial charge is 0.171 e. The fourth-order valence-electron chi connectivity index (χ4n) is 0.316. The Labute approximate surface area is 62.6 Å². The van der Waals surface area contributed by atoms with Gasteiger partial charge in [0, 0.05) is 13.3 Å². The van der Waals surface area contributed by atoms with Crippen molar-refractivity contribution in [3.8, 4) is 0 Å². The second-order valence-corrected chi connectivity index (χ2v) is 4.42. The van der Waals surface area contributed by atoms with Crippen molar-refractivity contribution in [3.05, 3.63) is 0 Å². The summed E-state index contributed by atoms with van der Waals surface area (Å²) in [6.45, 7) is 4.89. The average molecular weight is 184 g/mol. The summed E-state index contributed by atoms with van der Waals surface area (Å²) in [6.07, 6.45) is 0. The zero-order valence-electron chi connectivity index (χ0n) is 5.94. The SMILES string of the molecule is CP1OCO1.CP1OCO1. The van der Waals surface area contributed by atoms with Gasteiger partial charge in [-0.15, -0.1) is 0 Å². The van der Waals surface area contributed by atoms with Crippen LogP contribution in [-0.4, -0.2) is 26.9 Å². The van der Waals surface area contributed by atoms with Crippen LogP contribution < -0.4 is 0 Å². The monoisotopic (exact) mass is 184 g/mol. The maximum atomic E-state index is 4.77. The lowest BCUT2D eigenvalue weighted by molar-refractivity contribution is 0.0411. The Morgan fingerprint density at radius 3 is 1.00 bits per heavy atom. The minimum absolute atomic E-state index is 0.418. The molecule has 6 heteroatoms. The van der Waals surface area contributed by atoms with Crippen LogP contribution in [0.2, 0.25) is 0 Å². The summed E-state index contributed by atoms with van der Waals surface area (Å²) in [5.74, 6) is 0. The molecule has 2 rings (SSSR count). The molecule has 0 radical (unpaired) electrons. The lowest BCUT2D eigenvalue weighted by Gasteiger charge is -2.20. The van der Waals surface area contributed by atoms with Crippen molar-refractivity contribution in [2.75, 3.05) is 26.9 Å². The van der Waals surface area contributed by atoms with Gasteiger partial charge >= 0.3 is 0 Å². The van der Waals surface area contributed by atoms with E-state index >= 15 is 0 Å². The third-order valence-corrected chi connectivity index (χ3v) is 2.81. The van der Waals surface area contributed by atoms with E-state index < -0.39 is 16.8 Å². The summed E-state index contributed by atoms with van der Waals surface area (Å²) >= 11 is 0. The zero-order valence-corrected chi connectivity index (χ0v) is 7.73. The van der Waals surface area contributed by atoms with Gasteiger partial charge in [0.15, 0.2) is 30.3 Å². The molecule has 60 valence electrons. The predicted molar refractivity (Wildman–Crippen MR) is 39.8 cm³/mol. The summed E-state index contributed by atoms with van der Waals surface area (Å²) in [7, 11) is -0.835. The maximum absolute atomic E-state index is 4.77. The summed E-state index contributed by atoms with van der Waals surface area (Å²) in [5.41, 5.74) is 0. The Balaban J connectivity index is 0.0000001000. The summed E-state index contributed by atoms with van der Waals surface area (Å²) in [5, 5.41) is 0. The first-order chi connectivity index (χ1) is 4.79. The van der Waals surface area contributed by atoms with E-state index in [9.17, 15) is 0 Å². The van der Waals surface area contributed by atoms with E-state index in [4.69, 9.17) is 18.1 Å². The Morgan fingerprint density at radius 1 is 0.800 bits per heavy atom. The number of hydrogen-bond acceptors (Lipinski definition) is 4. The Bertz CT molecular complexity index is 81.3. The highest BCUT2D eigenvalue weighted by molar-refractivity contribution is 7.47. The van der Waals surface area contributed by atoms with Gasteiger partial charge in [-0.05, 0) is 0 Å². The molecule has 2 aliphatic heterocycles. The van der Waals surface area contributed by atoms with Gasteiger partial charge in [-0.1, -0.05) is 0 Å². The van der Waals surface area contributed by atoms with Gasteiger partial charge in [0.2, 0.25) is 0 Å². The first-order valence-corrected chi connectivity index (χ1v) is 6.03. The van der Waals surface area contributed by atoms with Crippen molar-refractivity contribution in [1.82, 2.24) is 0 Å². The van der Waals surface area contributed by atoms with E-state index in [0.717, 1.165) is 0 Å². The number of hydrogen-bond donors (Lipinski definition) is 0. The number of rotatable bonds is 0. The van der Waals surface area contributed by atoms with E-state index in [1.165, 1.54) is 0 Å². The van der Waals surface area contributed by atoms with Gasteiger partial charge in [-0.2, -0.15) is 0 Å². The standard InChI is InChI=1S/2C2H5O2P/c2*1-5-3-2-4-5/h2*2H2,1H3. The quantitative estimate of drug-likeness (QED) is 0.538. The third-order valence-electron chi connectivity index (χ3n) is 0.938. The van der Waals surface area contributed by atoms with Gasteiger partial charge < -0.3 is 18.1 Å². The fourth-order valence-corrected chi connectivity index (χ4v) is 0.949. The zero-order chi connectivity index (χ0) is 7.40. The van der Waals surface area contributed by atoms with Crippen LogP contribution in [0, 0.1) is 0 Å². The van der Waals surface area contributed by atoms with Crippen molar-refractivity contribution < 1.29 is 18.1 Å². The summed E-state index contributed by atoms with van der Waals surface area (Å²) < 4.78 is 19.1.